The number of aromatic nitrogens is 5. The fourth-order valence-corrected chi connectivity index (χ4v) is 7.43. The van der Waals surface area contributed by atoms with Crippen LogP contribution in [0.5, 0.6) is 5.75 Å². The van der Waals surface area contributed by atoms with Crippen LogP contribution in [-0.4, -0.2) is 118 Å². The Hall–Kier alpha value is -5.11. The first-order valence-electron chi connectivity index (χ1n) is 17.5. The highest BCUT2D eigenvalue weighted by Crippen LogP contribution is 2.38. The summed E-state index contributed by atoms with van der Waals surface area (Å²) in [6, 6.07) is 5.02. The van der Waals surface area contributed by atoms with Crippen LogP contribution in [0, 0.1) is 11.6 Å². The molecule has 4 aromatic rings. The molecule has 0 radical (unpaired) electrons. The Morgan fingerprint density at radius 3 is 2.57 bits per heavy atom. The molecule has 51 heavy (non-hydrogen) atoms. The van der Waals surface area contributed by atoms with Crippen molar-refractivity contribution >= 4 is 39.7 Å². The van der Waals surface area contributed by atoms with E-state index >= 15 is 4.39 Å². The lowest BCUT2D eigenvalue weighted by Crippen LogP contribution is -2.49. The molecule has 1 aromatic carbocycles. The van der Waals surface area contributed by atoms with E-state index < -0.39 is 11.6 Å². The summed E-state index contributed by atoms with van der Waals surface area (Å²) in [4.78, 5) is 42.4. The number of halogens is 2. The number of ether oxygens (including phenoxy) is 1. The molecular formula is C37H43F2N9O3. The lowest BCUT2D eigenvalue weighted by atomic mass is 9.88. The molecule has 0 saturated carbocycles. The van der Waals surface area contributed by atoms with Crippen molar-refractivity contribution < 1.29 is 23.1 Å². The molecule has 0 atom stereocenters. The lowest BCUT2D eigenvalue weighted by Gasteiger charge is -2.35. The zero-order valence-corrected chi connectivity index (χ0v) is 29.3. The average molecular weight is 700 g/mol. The number of benzene rings is 1. The molecule has 2 amide bonds. The number of hydrogen-bond acceptors (Lipinski definition) is 8. The van der Waals surface area contributed by atoms with Crippen molar-refractivity contribution in [3.05, 3.63) is 76.9 Å². The van der Waals surface area contributed by atoms with Crippen LogP contribution in [0.1, 0.15) is 54.2 Å². The number of amides is 2. The van der Waals surface area contributed by atoms with Crippen LogP contribution < -0.4 is 9.64 Å². The van der Waals surface area contributed by atoms with Crippen molar-refractivity contribution in [2.45, 2.75) is 39.2 Å². The van der Waals surface area contributed by atoms with Gasteiger partial charge in [-0.25, -0.2) is 13.8 Å². The molecule has 3 aliphatic rings. The van der Waals surface area contributed by atoms with E-state index in [4.69, 9.17) is 4.74 Å². The smallest absolute Gasteiger partial charge is 0.270 e. The van der Waals surface area contributed by atoms with Gasteiger partial charge in [-0.2, -0.15) is 0 Å². The van der Waals surface area contributed by atoms with Gasteiger partial charge in [0, 0.05) is 82.0 Å². The summed E-state index contributed by atoms with van der Waals surface area (Å²) in [6.45, 7) is 6.85. The highest BCUT2D eigenvalue weighted by Gasteiger charge is 2.30. The summed E-state index contributed by atoms with van der Waals surface area (Å²) >= 11 is 0. The van der Waals surface area contributed by atoms with Crippen molar-refractivity contribution in [2.75, 3.05) is 71.4 Å². The van der Waals surface area contributed by atoms with Gasteiger partial charge in [0.2, 0.25) is 5.91 Å². The van der Waals surface area contributed by atoms with Gasteiger partial charge in [0.15, 0.2) is 17.4 Å². The molecular weight excluding hydrogens is 656 g/mol. The first-order valence-corrected chi connectivity index (χ1v) is 17.5. The number of aryl methyl sites for hydroxylation is 1. The molecule has 0 unspecified atom stereocenters. The number of likely N-dealkylation sites (N-methyl/N-ethyl adjacent to an activating group) is 1. The zero-order valence-electron chi connectivity index (χ0n) is 29.3. The number of hydrogen-bond donors (Lipinski definition) is 1. The highest BCUT2D eigenvalue weighted by molar-refractivity contribution is 6.03. The Labute approximate surface area is 295 Å². The van der Waals surface area contributed by atoms with Crippen LogP contribution in [0.4, 0.5) is 14.6 Å². The molecule has 0 bridgehead atoms. The maximum Gasteiger partial charge on any atom is 0.270 e. The number of piperazine rings is 1. The van der Waals surface area contributed by atoms with Gasteiger partial charge >= 0.3 is 0 Å². The predicted molar refractivity (Wildman–Crippen MR) is 190 cm³/mol. The number of H-pyrrole nitrogens is 1. The molecule has 3 aliphatic heterocycles. The van der Waals surface area contributed by atoms with Crippen molar-refractivity contribution in [1.29, 1.82) is 0 Å². The van der Waals surface area contributed by atoms with Crippen LogP contribution in [0.3, 0.4) is 0 Å². The van der Waals surface area contributed by atoms with Crippen LogP contribution >= 0.6 is 0 Å². The molecule has 0 spiro atoms. The normalized spacial score (nSPS) is 17.4. The van der Waals surface area contributed by atoms with Gasteiger partial charge in [0.25, 0.3) is 5.91 Å². The molecule has 0 aliphatic carbocycles. The van der Waals surface area contributed by atoms with Gasteiger partial charge in [-0.1, -0.05) is 23.8 Å². The second-order valence-corrected chi connectivity index (χ2v) is 13.4. The van der Waals surface area contributed by atoms with E-state index in [1.807, 2.05) is 17.0 Å². The number of carbonyl (C=O) groups is 2. The van der Waals surface area contributed by atoms with Crippen LogP contribution in [0.15, 0.2) is 48.4 Å². The van der Waals surface area contributed by atoms with E-state index in [-0.39, 0.29) is 23.8 Å². The van der Waals surface area contributed by atoms with E-state index in [1.165, 1.54) is 18.7 Å². The maximum absolute atomic E-state index is 16.8. The Morgan fingerprint density at radius 1 is 1.00 bits per heavy atom. The summed E-state index contributed by atoms with van der Waals surface area (Å²) in [7, 11) is 3.56. The Morgan fingerprint density at radius 2 is 1.82 bits per heavy atom. The van der Waals surface area contributed by atoms with Crippen molar-refractivity contribution in [3.63, 3.8) is 0 Å². The van der Waals surface area contributed by atoms with Crippen LogP contribution in [0.25, 0.3) is 22.0 Å². The number of nitrogens with zero attached hydrogens (tertiary/aromatic N) is 8. The third kappa shape index (κ3) is 6.96. The minimum absolute atomic E-state index is 0.0239. The standard InChI is InChI=1S/C37H43F2N9O3/c1-4-24-7-11-44(2)23-30(24)28-19-27(25-6-5-10-47(22-25)33(49)8-12-48-13-9-41-43-48)34(39)35-29(28)20-31(42-35)37(50)46-16-14-45(15-17-46)36-32(51-3)18-26(38)21-40-36/h6,9,13,18-21,42H,4-5,7-8,10-12,14-17,22-23H2,1-3H3. The zero-order chi connectivity index (χ0) is 35.6. The number of fused-ring (bicyclic) bond motifs is 1. The van der Waals surface area contributed by atoms with Gasteiger partial charge in [-0.3, -0.25) is 14.3 Å². The molecule has 12 nitrogen and oxygen atoms in total. The molecule has 1 N–H and O–H groups in total. The average Bonchev–Trinajstić information content (AvgIpc) is 3.85. The summed E-state index contributed by atoms with van der Waals surface area (Å²) in [6.07, 6.45) is 9.16. The first kappa shape index (κ1) is 34.3. The van der Waals surface area contributed by atoms with Gasteiger partial charge in [-0.15, -0.1) is 5.10 Å². The van der Waals surface area contributed by atoms with E-state index in [0.717, 1.165) is 42.3 Å². The van der Waals surface area contributed by atoms with Gasteiger partial charge in [-0.05, 0) is 55.2 Å². The van der Waals surface area contributed by atoms with Crippen molar-refractivity contribution in [2.24, 2.45) is 0 Å². The predicted octanol–water partition coefficient (Wildman–Crippen LogP) is 4.61. The SMILES string of the molecule is CCC1=C(c2cc(C3=CCCN(C(=O)CCn4ccnn4)C3)c(F)c3[nH]c(C(=O)N4CCN(c5ncc(F)cc5OC)CC4)cc23)CN(C)CC1. The molecule has 1 saturated heterocycles. The van der Waals surface area contributed by atoms with Crippen LogP contribution in [0.2, 0.25) is 0 Å². The Kier molecular flexibility index (Phi) is 9.85. The molecule has 7 rings (SSSR count). The molecule has 14 heteroatoms. The summed E-state index contributed by atoms with van der Waals surface area (Å²) in [5, 5.41) is 8.44. The highest BCUT2D eigenvalue weighted by atomic mass is 19.1. The molecule has 6 heterocycles. The molecule has 268 valence electrons. The van der Waals surface area contributed by atoms with Crippen molar-refractivity contribution in [1.82, 2.24) is 39.7 Å². The van der Waals surface area contributed by atoms with Crippen molar-refractivity contribution in [3.8, 4) is 5.75 Å². The molecule has 1 fully saturated rings. The summed E-state index contributed by atoms with van der Waals surface area (Å²) in [5.41, 5.74) is 5.19. The number of rotatable bonds is 9. The van der Waals surface area contributed by atoms with Gasteiger partial charge < -0.3 is 29.3 Å². The van der Waals surface area contributed by atoms with E-state index in [9.17, 15) is 14.0 Å². The van der Waals surface area contributed by atoms with E-state index in [0.29, 0.717) is 87.0 Å². The fourth-order valence-electron chi connectivity index (χ4n) is 7.43. The minimum Gasteiger partial charge on any atom is -0.493 e. The quantitative estimate of drug-likeness (QED) is 0.270. The Balaban J connectivity index is 1.19. The van der Waals surface area contributed by atoms with Gasteiger partial charge in [0.05, 0.1) is 31.6 Å². The number of pyridine rings is 1. The summed E-state index contributed by atoms with van der Waals surface area (Å²) in [5.74, 6) is -0.290. The van der Waals surface area contributed by atoms with E-state index in [1.54, 1.807) is 32.9 Å². The van der Waals surface area contributed by atoms with Crippen LogP contribution in [-0.2, 0) is 11.3 Å². The number of anilines is 1. The number of carbonyl (C=O) groups excluding carboxylic acids is 2. The third-order valence-electron chi connectivity index (χ3n) is 10.2. The minimum atomic E-state index is -0.482. The second-order valence-electron chi connectivity index (χ2n) is 13.4. The molecule has 3 aromatic heterocycles. The monoisotopic (exact) mass is 699 g/mol. The topological polar surface area (TPSA) is 116 Å². The largest absolute Gasteiger partial charge is 0.493 e. The first-order chi connectivity index (χ1) is 24.7. The number of aromatic amines is 1. The number of methoxy groups -OCH3 is 1. The fraction of sp³-hybridized carbons (Fsp3) is 0.432. The summed E-state index contributed by atoms with van der Waals surface area (Å²) < 4.78 is 37.5. The number of nitrogens with one attached hydrogen (secondary N) is 1. The third-order valence-corrected chi connectivity index (χ3v) is 10.2. The second kappa shape index (κ2) is 14.6. The lowest BCUT2D eigenvalue weighted by molar-refractivity contribution is -0.131. The maximum atomic E-state index is 16.8. The van der Waals surface area contributed by atoms with Gasteiger partial charge in [0.1, 0.15) is 11.5 Å². The Bertz CT molecular complexity index is 2000. The van der Waals surface area contributed by atoms with E-state index in [2.05, 4.69) is 39.2 Å².